The minimum absolute atomic E-state index is 0.340. The molecule has 0 radical (unpaired) electrons. The summed E-state index contributed by atoms with van der Waals surface area (Å²) < 4.78 is 0. The highest BCUT2D eigenvalue weighted by atomic mass is 15.3. The second-order valence-corrected chi connectivity index (χ2v) is 8.56. The van der Waals surface area contributed by atoms with Crippen molar-refractivity contribution < 1.29 is 0 Å². The number of benzene rings is 3. The maximum Gasteiger partial charge on any atom is 0.159 e. The molecule has 4 aromatic rings. The molecule has 5 rings (SSSR count). The summed E-state index contributed by atoms with van der Waals surface area (Å²) in [5.41, 5.74) is 8.82. The number of anilines is 1. The molecule has 3 aromatic carbocycles. The fourth-order valence-corrected chi connectivity index (χ4v) is 5.17. The zero-order valence-electron chi connectivity index (χ0n) is 18.1. The molecule has 30 heavy (non-hydrogen) atoms. The summed E-state index contributed by atoms with van der Waals surface area (Å²) in [5, 5.41) is 11.9. The number of fused-ring (bicyclic) bond motifs is 2. The van der Waals surface area contributed by atoms with E-state index in [-0.39, 0.29) is 0 Å². The Balaban J connectivity index is 1.66. The number of hydrogen-bond donors (Lipinski definition) is 0. The van der Waals surface area contributed by atoms with Gasteiger partial charge in [0.15, 0.2) is 5.82 Å². The van der Waals surface area contributed by atoms with Crippen molar-refractivity contribution in [3.8, 4) is 11.3 Å². The number of aryl methyl sites for hydroxylation is 4. The van der Waals surface area contributed by atoms with E-state index in [9.17, 15) is 0 Å². The molecule has 0 fully saturated rings. The zero-order chi connectivity index (χ0) is 20.8. The van der Waals surface area contributed by atoms with Crippen LogP contribution in [-0.4, -0.2) is 17.2 Å². The Labute approximate surface area is 178 Å². The summed E-state index contributed by atoms with van der Waals surface area (Å²) in [7, 11) is 2.16. The standard InChI is InChI=1S/C27H27N3/c1-17-15-18(2)25(19(3)16-17)26-22-11-7-8-12-23(22)27(29-28-26)30(4)24-14-13-20-9-5-6-10-21(20)24/h5-12,15-16,24H,13-14H2,1-4H3. The van der Waals surface area contributed by atoms with E-state index in [1.54, 1.807) is 0 Å². The van der Waals surface area contributed by atoms with Crippen LogP contribution in [0, 0.1) is 20.8 Å². The molecule has 0 N–H and O–H groups in total. The van der Waals surface area contributed by atoms with E-state index in [0.29, 0.717) is 6.04 Å². The van der Waals surface area contributed by atoms with Gasteiger partial charge in [0.05, 0.1) is 6.04 Å². The van der Waals surface area contributed by atoms with Gasteiger partial charge < -0.3 is 4.90 Å². The third-order valence-corrected chi connectivity index (χ3v) is 6.48. The molecule has 0 amide bonds. The molecule has 1 aliphatic rings. The van der Waals surface area contributed by atoms with Crippen molar-refractivity contribution in [1.29, 1.82) is 0 Å². The maximum atomic E-state index is 4.79. The Hall–Kier alpha value is -3.20. The molecule has 0 saturated carbocycles. The van der Waals surface area contributed by atoms with Gasteiger partial charge in [0.25, 0.3) is 0 Å². The van der Waals surface area contributed by atoms with E-state index in [1.165, 1.54) is 33.4 Å². The molecule has 150 valence electrons. The molecule has 1 heterocycles. The fourth-order valence-electron chi connectivity index (χ4n) is 5.17. The van der Waals surface area contributed by atoms with Gasteiger partial charge in [0.2, 0.25) is 0 Å². The summed E-state index contributed by atoms with van der Waals surface area (Å²) in [6.45, 7) is 6.48. The largest absolute Gasteiger partial charge is 0.351 e. The molecule has 1 aliphatic carbocycles. The van der Waals surface area contributed by atoms with Gasteiger partial charge in [-0.05, 0) is 55.9 Å². The van der Waals surface area contributed by atoms with E-state index in [4.69, 9.17) is 10.2 Å². The Bertz CT molecular complexity index is 1240. The van der Waals surface area contributed by atoms with Crippen molar-refractivity contribution in [1.82, 2.24) is 10.2 Å². The Kier molecular flexibility index (Phi) is 4.54. The SMILES string of the molecule is Cc1cc(C)c(-c2nnc(N(C)C3CCc4ccccc43)c3ccccc23)c(C)c1. The molecule has 3 heteroatoms. The summed E-state index contributed by atoms with van der Waals surface area (Å²) >= 11 is 0. The third kappa shape index (κ3) is 2.97. The van der Waals surface area contributed by atoms with Crippen LogP contribution in [0.3, 0.4) is 0 Å². The van der Waals surface area contributed by atoms with Gasteiger partial charge in [0, 0.05) is 23.4 Å². The molecular formula is C27H27N3. The van der Waals surface area contributed by atoms with Crippen LogP contribution >= 0.6 is 0 Å². The topological polar surface area (TPSA) is 29.0 Å². The van der Waals surface area contributed by atoms with Gasteiger partial charge in [-0.25, -0.2) is 0 Å². The van der Waals surface area contributed by atoms with E-state index >= 15 is 0 Å². The van der Waals surface area contributed by atoms with Gasteiger partial charge in [-0.2, -0.15) is 0 Å². The van der Waals surface area contributed by atoms with Crippen LogP contribution < -0.4 is 4.90 Å². The van der Waals surface area contributed by atoms with Crippen molar-refractivity contribution in [2.75, 3.05) is 11.9 Å². The number of nitrogens with zero attached hydrogens (tertiary/aromatic N) is 3. The normalized spacial score (nSPS) is 15.4. The smallest absolute Gasteiger partial charge is 0.159 e. The lowest BCUT2D eigenvalue weighted by molar-refractivity contribution is 0.653. The van der Waals surface area contributed by atoms with Gasteiger partial charge >= 0.3 is 0 Å². The molecule has 1 atom stereocenters. The molecule has 0 bridgehead atoms. The second-order valence-electron chi connectivity index (χ2n) is 8.56. The van der Waals surface area contributed by atoms with Gasteiger partial charge in [-0.1, -0.05) is 66.2 Å². The van der Waals surface area contributed by atoms with Crippen molar-refractivity contribution in [3.05, 3.63) is 88.5 Å². The fraction of sp³-hybridized carbons (Fsp3) is 0.259. The molecule has 0 aliphatic heterocycles. The number of hydrogen-bond acceptors (Lipinski definition) is 3. The van der Waals surface area contributed by atoms with Crippen LogP contribution in [0.2, 0.25) is 0 Å². The average molecular weight is 394 g/mol. The minimum Gasteiger partial charge on any atom is -0.351 e. The first-order valence-electron chi connectivity index (χ1n) is 10.7. The highest BCUT2D eigenvalue weighted by Crippen LogP contribution is 2.40. The summed E-state index contributed by atoms with van der Waals surface area (Å²) in [4.78, 5) is 2.32. The Morgan fingerprint density at radius 1 is 0.833 bits per heavy atom. The van der Waals surface area contributed by atoms with Gasteiger partial charge in [-0.3, -0.25) is 0 Å². The zero-order valence-corrected chi connectivity index (χ0v) is 18.1. The van der Waals surface area contributed by atoms with E-state index < -0.39 is 0 Å². The summed E-state index contributed by atoms with van der Waals surface area (Å²) in [5.74, 6) is 0.957. The van der Waals surface area contributed by atoms with Crippen molar-refractivity contribution in [2.45, 2.75) is 39.7 Å². The van der Waals surface area contributed by atoms with Gasteiger partial charge in [-0.15, -0.1) is 10.2 Å². The first-order valence-corrected chi connectivity index (χ1v) is 10.7. The van der Waals surface area contributed by atoms with Gasteiger partial charge in [0.1, 0.15) is 5.69 Å². The second kappa shape index (κ2) is 7.24. The molecule has 0 spiro atoms. The molecular weight excluding hydrogens is 366 g/mol. The van der Waals surface area contributed by atoms with Crippen LogP contribution in [-0.2, 0) is 6.42 Å². The first-order chi connectivity index (χ1) is 14.5. The minimum atomic E-state index is 0.340. The third-order valence-electron chi connectivity index (χ3n) is 6.48. The number of rotatable bonds is 3. The predicted molar refractivity (Wildman–Crippen MR) is 125 cm³/mol. The monoisotopic (exact) mass is 393 g/mol. The van der Waals surface area contributed by atoms with E-state index in [1.807, 2.05) is 0 Å². The van der Waals surface area contributed by atoms with Crippen molar-refractivity contribution in [2.24, 2.45) is 0 Å². The van der Waals surface area contributed by atoms with Crippen LogP contribution in [0.4, 0.5) is 5.82 Å². The molecule has 0 saturated heterocycles. The average Bonchev–Trinajstić information content (AvgIpc) is 3.17. The molecule has 3 nitrogen and oxygen atoms in total. The van der Waals surface area contributed by atoms with Crippen molar-refractivity contribution in [3.63, 3.8) is 0 Å². The lowest BCUT2D eigenvalue weighted by atomic mass is 9.94. The van der Waals surface area contributed by atoms with Crippen LogP contribution in [0.25, 0.3) is 22.0 Å². The predicted octanol–water partition coefficient (Wildman–Crippen LogP) is 6.35. The highest BCUT2D eigenvalue weighted by molar-refractivity contribution is 6.01. The summed E-state index contributed by atoms with van der Waals surface area (Å²) in [6.07, 6.45) is 2.24. The number of aromatic nitrogens is 2. The Morgan fingerprint density at radius 2 is 1.50 bits per heavy atom. The maximum absolute atomic E-state index is 4.79. The lowest BCUT2D eigenvalue weighted by Crippen LogP contribution is -2.24. The van der Waals surface area contributed by atoms with E-state index in [0.717, 1.165) is 35.1 Å². The Morgan fingerprint density at radius 3 is 2.27 bits per heavy atom. The van der Waals surface area contributed by atoms with Crippen LogP contribution in [0.1, 0.15) is 40.3 Å². The van der Waals surface area contributed by atoms with Crippen LogP contribution in [0.15, 0.2) is 60.7 Å². The highest BCUT2D eigenvalue weighted by Gasteiger charge is 2.28. The first kappa shape index (κ1) is 18.8. The van der Waals surface area contributed by atoms with Crippen LogP contribution in [0.5, 0.6) is 0 Å². The summed E-state index contributed by atoms with van der Waals surface area (Å²) in [6, 6.07) is 22.1. The lowest BCUT2D eigenvalue weighted by Gasteiger charge is -2.27. The molecule has 1 aromatic heterocycles. The van der Waals surface area contributed by atoms with Crippen molar-refractivity contribution >= 4 is 16.6 Å². The van der Waals surface area contributed by atoms with E-state index in [2.05, 4.69) is 93.4 Å². The quantitative estimate of drug-likeness (QED) is 0.406. The molecule has 1 unspecified atom stereocenters.